The van der Waals surface area contributed by atoms with E-state index in [-0.39, 0.29) is 58.3 Å². The van der Waals surface area contributed by atoms with Crippen LogP contribution in [0.1, 0.15) is 54.4 Å². The molecule has 1 aliphatic heterocycles. The molecule has 1 saturated carbocycles. The van der Waals surface area contributed by atoms with Gasteiger partial charge in [-0.2, -0.15) is 0 Å². The molecule has 1 N–H and O–H groups in total. The van der Waals surface area contributed by atoms with E-state index >= 15 is 4.39 Å². The molecule has 2 aliphatic rings. The minimum absolute atomic E-state index is 0.0286. The van der Waals surface area contributed by atoms with Crippen LogP contribution in [0.2, 0.25) is 5.02 Å². The summed E-state index contributed by atoms with van der Waals surface area (Å²) in [5.74, 6) is -1.04. The number of para-hydroxylation sites is 1. The lowest BCUT2D eigenvalue weighted by atomic mass is 9.87. The maximum Gasteiger partial charge on any atom is 0.308 e. The van der Waals surface area contributed by atoms with Crippen molar-refractivity contribution >= 4 is 57.8 Å². The number of ketones is 1. The number of hydrogen-bond acceptors (Lipinski definition) is 7. The first-order valence-electron chi connectivity index (χ1n) is 14.7. The third-order valence-corrected chi connectivity index (χ3v) is 9.94. The first kappa shape index (κ1) is 31.5. The molecule has 3 aromatic rings. The van der Waals surface area contributed by atoms with Crippen molar-refractivity contribution < 1.29 is 28.2 Å². The molecule has 1 amide bonds. The molecule has 0 unspecified atom stereocenters. The van der Waals surface area contributed by atoms with Gasteiger partial charge in [-0.3, -0.25) is 14.4 Å². The standard InChI is InChI=1S/C32H37ClFN3O5S/c1-36-17-26(25-7-3-4-8-30(25)36)31(39)35-29-16-28(34)21(15-27(29)33)14-23(38)19-43-37-13-5-6-22(37)18-42-24-11-9-20(10-12-24)32(40)41-2/h3-4,7-8,15-17,20,22,24H,5-6,9-14,18-19H2,1-2H3,(H,35,39)/t20-,22-,24-/m0/s1. The number of esters is 1. The second-order valence-electron chi connectivity index (χ2n) is 11.3. The number of carbonyl (C=O) groups excluding carboxylic acids is 3. The Morgan fingerprint density at radius 2 is 1.88 bits per heavy atom. The number of halogens is 2. The molecule has 1 aromatic heterocycles. The van der Waals surface area contributed by atoms with E-state index in [9.17, 15) is 14.4 Å². The van der Waals surface area contributed by atoms with Crippen LogP contribution in [0.25, 0.3) is 10.9 Å². The number of amides is 1. The molecule has 1 aliphatic carbocycles. The van der Waals surface area contributed by atoms with Crippen molar-refractivity contribution in [2.24, 2.45) is 13.0 Å². The number of aryl methyl sites for hydroxylation is 1. The topological polar surface area (TPSA) is 89.9 Å². The Morgan fingerprint density at radius 1 is 1.12 bits per heavy atom. The van der Waals surface area contributed by atoms with Crippen LogP contribution in [0.15, 0.2) is 42.6 Å². The SMILES string of the molecule is COC(=O)[C@H]1CC[C@H](OC[C@@H]2CCCN2SCC(=O)Cc2cc(Cl)c(NC(=O)c3cn(C)c4ccccc34)cc2F)CC1. The number of Topliss-reactive ketones (excluding diaryl/α,β-unsaturated/α-hetero) is 1. The van der Waals surface area contributed by atoms with Gasteiger partial charge in [-0.1, -0.05) is 41.7 Å². The maximum absolute atomic E-state index is 15.0. The molecule has 0 radical (unpaired) electrons. The number of methoxy groups -OCH3 is 1. The van der Waals surface area contributed by atoms with Crippen molar-refractivity contribution in [2.75, 3.05) is 31.3 Å². The minimum atomic E-state index is -0.592. The Labute approximate surface area is 260 Å². The van der Waals surface area contributed by atoms with E-state index in [2.05, 4.69) is 9.62 Å². The van der Waals surface area contributed by atoms with Gasteiger partial charge in [-0.25, -0.2) is 8.70 Å². The lowest BCUT2D eigenvalue weighted by Gasteiger charge is -2.29. The van der Waals surface area contributed by atoms with Crippen LogP contribution in [-0.2, 0) is 32.5 Å². The fraction of sp³-hybridized carbons (Fsp3) is 0.469. The highest BCUT2D eigenvalue weighted by Crippen LogP contribution is 2.31. The molecular weight excluding hydrogens is 593 g/mol. The van der Waals surface area contributed by atoms with E-state index < -0.39 is 11.7 Å². The lowest BCUT2D eigenvalue weighted by molar-refractivity contribution is -0.147. The van der Waals surface area contributed by atoms with Gasteiger partial charge >= 0.3 is 5.97 Å². The van der Waals surface area contributed by atoms with E-state index in [4.69, 9.17) is 21.1 Å². The quantitative estimate of drug-likeness (QED) is 0.200. The van der Waals surface area contributed by atoms with Crippen LogP contribution in [0.4, 0.5) is 10.1 Å². The van der Waals surface area contributed by atoms with E-state index in [0.29, 0.717) is 12.2 Å². The number of fused-ring (bicyclic) bond motifs is 1. The highest BCUT2D eigenvalue weighted by atomic mass is 35.5. The van der Waals surface area contributed by atoms with Gasteiger partial charge in [0.25, 0.3) is 5.91 Å². The summed E-state index contributed by atoms with van der Waals surface area (Å²) in [6.07, 6.45) is 7.06. The molecule has 2 fully saturated rings. The van der Waals surface area contributed by atoms with Crippen molar-refractivity contribution in [1.82, 2.24) is 8.87 Å². The summed E-state index contributed by atoms with van der Waals surface area (Å²) in [4.78, 5) is 37.6. The zero-order valence-electron chi connectivity index (χ0n) is 24.4. The predicted octanol–water partition coefficient (Wildman–Crippen LogP) is 6.20. The van der Waals surface area contributed by atoms with E-state index in [0.717, 1.165) is 56.0 Å². The fourth-order valence-corrected chi connectivity index (χ4v) is 7.26. The summed E-state index contributed by atoms with van der Waals surface area (Å²) >= 11 is 7.88. The average Bonchev–Trinajstić information content (AvgIpc) is 3.61. The van der Waals surface area contributed by atoms with E-state index in [1.165, 1.54) is 31.2 Å². The van der Waals surface area contributed by atoms with Crippen molar-refractivity contribution in [3.63, 3.8) is 0 Å². The van der Waals surface area contributed by atoms with Crippen LogP contribution in [-0.4, -0.2) is 64.7 Å². The molecule has 11 heteroatoms. The van der Waals surface area contributed by atoms with Crippen molar-refractivity contribution in [2.45, 2.75) is 57.1 Å². The summed E-state index contributed by atoms with van der Waals surface area (Å²) in [6, 6.07) is 10.3. The molecular formula is C32H37ClFN3O5S. The highest BCUT2D eigenvalue weighted by molar-refractivity contribution is 7.97. The molecule has 1 saturated heterocycles. The predicted molar refractivity (Wildman–Crippen MR) is 167 cm³/mol. The molecule has 2 aromatic carbocycles. The maximum atomic E-state index is 15.0. The fourth-order valence-electron chi connectivity index (χ4n) is 5.97. The number of nitrogens with zero attached hydrogens (tertiary/aromatic N) is 2. The summed E-state index contributed by atoms with van der Waals surface area (Å²) in [6.45, 7) is 1.46. The van der Waals surface area contributed by atoms with Crippen LogP contribution in [0, 0.1) is 11.7 Å². The Morgan fingerprint density at radius 3 is 2.65 bits per heavy atom. The zero-order chi connectivity index (χ0) is 30.5. The summed E-state index contributed by atoms with van der Waals surface area (Å²) in [5, 5.41) is 3.67. The second kappa shape index (κ2) is 14.2. The lowest BCUT2D eigenvalue weighted by Crippen LogP contribution is -2.33. The number of nitrogens with one attached hydrogen (secondary N) is 1. The average molecular weight is 630 g/mol. The van der Waals surface area contributed by atoms with E-state index in [1.54, 1.807) is 6.20 Å². The largest absolute Gasteiger partial charge is 0.469 e. The monoisotopic (exact) mass is 629 g/mol. The third-order valence-electron chi connectivity index (χ3n) is 8.36. The minimum Gasteiger partial charge on any atom is -0.469 e. The van der Waals surface area contributed by atoms with Gasteiger partial charge in [0.1, 0.15) is 11.6 Å². The molecule has 0 bridgehead atoms. The van der Waals surface area contributed by atoms with Crippen molar-refractivity contribution in [1.29, 1.82) is 0 Å². The highest BCUT2D eigenvalue weighted by Gasteiger charge is 2.30. The Bertz CT molecular complexity index is 1490. The van der Waals surface area contributed by atoms with Gasteiger partial charge in [0.2, 0.25) is 0 Å². The van der Waals surface area contributed by atoms with Crippen molar-refractivity contribution in [3.8, 4) is 0 Å². The Kier molecular flexibility index (Phi) is 10.4. The molecule has 230 valence electrons. The zero-order valence-corrected chi connectivity index (χ0v) is 26.0. The third kappa shape index (κ3) is 7.60. The van der Waals surface area contributed by atoms with Gasteiger partial charge in [-0.15, -0.1) is 0 Å². The number of ether oxygens (including phenoxy) is 2. The van der Waals surface area contributed by atoms with Gasteiger partial charge in [0, 0.05) is 43.2 Å². The molecule has 1 atom stereocenters. The van der Waals surface area contributed by atoms with Crippen LogP contribution in [0.3, 0.4) is 0 Å². The van der Waals surface area contributed by atoms with Crippen LogP contribution < -0.4 is 5.32 Å². The number of hydrogen-bond donors (Lipinski definition) is 1. The second-order valence-corrected chi connectivity index (χ2v) is 12.7. The van der Waals surface area contributed by atoms with Gasteiger partial charge in [0.15, 0.2) is 0 Å². The molecule has 2 heterocycles. The summed E-state index contributed by atoms with van der Waals surface area (Å²) < 4.78 is 30.2. The number of rotatable bonds is 11. The molecule has 43 heavy (non-hydrogen) atoms. The normalized spacial score (nSPS) is 20.8. The summed E-state index contributed by atoms with van der Waals surface area (Å²) in [5.41, 5.74) is 1.72. The Balaban J connectivity index is 1.10. The number of carbonyl (C=O) groups is 3. The van der Waals surface area contributed by atoms with Crippen LogP contribution in [0.5, 0.6) is 0 Å². The Hall–Kier alpha value is -2.92. The number of aromatic nitrogens is 1. The van der Waals surface area contributed by atoms with Gasteiger partial charge in [0.05, 0.1) is 47.8 Å². The molecule has 5 rings (SSSR count). The number of anilines is 1. The molecule has 8 nitrogen and oxygen atoms in total. The van der Waals surface area contributed by atoms with Crippen LogP contribution >= 0.6 is 23.5 Å². The molecule has 0 spiro atoms. The number of benzene rings is 2. The first-order chi connectivity index (χ1) is 20.7. The van der Waals surface area contributed by atoms with Crippen molar-refractivity contribution in [3.05, 3.63) is 64.6 Å². The first-order valence-corrected chi connectivity index (χ1v) is 16.0. The van der Waals surface area contributed by atoms with Gasteiger partial charge in [-0.05, 0) is 62.3 Å². The smallest absolute Gasteiger partial charge is 0.308 e. The summed E-state index contributed by atoms with van der Waals surface area (Å²) in [7, 11) is 3.29. The van der Waals surface area contributed by atoms with Gasteiger partial charge < -0.3 is 19.4 Å². The van der Waals surface area contributed by atoms with E-state index in [1.807, 2.05) is 35.9 Å².